The van der Waals surface area contributed by atoms with E-state index in [0.717, 1.165) is 66.9 Å². The Kier molecular flexibility index (Phi) is 5.30. The quantitative estimate of drug-likeness (QED) is 0.248. The molecule has 7 aromatic rings. The van der Waals surface area contributed by atoms with Gasteiger partial charge in [0.15, 0.2) is 5.58 Å². The summed E-state index contributed by atoms with van der Waals surface area (Å²) in [6.45, 7) is 2.04. The van der Waals surface area contributed by atoms with Gasteiger partial charge in [-0.1, -0.05) is 91.0 Å². The Morgan fingerprint density at radius 1 is 0.421 bits per heavy atom. The van der Waals surface area contributed by atoms with Crippen molar-refractivity contribution >= 4 is 22.1 Å². The van der Waals surface area contributed by atoms with E-state index < -0.39 is 0 Å². The van der Waals surface area contributed by atoms with Crippen LogP contribution in [0.2, 0.25) is 0 Å². The van der Waals surface area contributed by atoms with Crippen LogP contribution in [0, 0.1) is 6.92 Å². The number of fused-ring (bicyclic) bond motifs is 2. The van der Waals surface area contributed by atoms with Crippen molar-refractivity contribution in [2.45, 2.75) is 6.92 Å². The largest absolute Gasteiger partial charge is 0.436 e. The average molecular weight is 490 g/mol. The standard InChI is InChI=1S/C34H23N3O/c1-22-8-7-13-30-33(22)38-34(37-30)27-20-16-24(17-21-27)23-14-18-26(19-15-23)32-31(25-9-3-2-4-10-25)35-28-11-5-6-12-29(28)36-32/h2-21H,1H3. The average Bonchev–Trinajstić information content (AvgIpc) is 3.43. The van der Waals surface area contributed by atoms with Gasteiger partial charge in [-0.15, -0.1) is 0 Å². The highest BCUT2D eigenvalue weighted by Gasteiger charge is 2.14. The second-order valence-electron chi connectivity index (χ2n) is 9.37. The highest BCUT2D eigenvalue weighted by atomic mass is 16.3. The lowest BCUT2D eigenvalue weighted by atomic mass is 9.99. The van der Waals surface area contributed by atoms with Crippen LogP contribution in [0.15, 0.2) is 126 Å². The molecule has 0 radical (unpaired) electrons. The summed E-state index contributed by atoms with van der Waals surface area (Å²) in [6, 6.07) is 41.1. The van der Waals surface area contributed by atoms with Crippen molar-refractivity contribution < 1.29 is 4.42 Å². The molecule has 180 valence electrons. The number of oxazole rings is 1. The number of rotatable bonds is 4. The molecule has 0 saturated carbocycles. The smallest absolute Gasteiger partial charge is 0.227 e. The van der Waals surface area contributed by atoms with Crippen LogP contribution in [-0.4, -0.2) is 15.0 Å². The van der Waals surface area contributed by atoms with E-state index in [0.29, 0.717) is 5.89 Å². The summed E-state index contributed by atoms with van der Waals surface area (Å²) in [7, 11) is 0. The molecule has 0 aliphatic rings. The summed E-state index contributed by atoms with van der Waals surface area (Å²) < 4.78 is 6.05. The second kappa shape index (κ2) is 9.09. The minimum absolute atomic E-state index is 0.638. The van der Waals surface area contributed by atoms with Gasteiger partial charge in [-0.05, 0) is 53.9 Å². The van der Waals surface area contributed by atoms with Gasteiger partial charge in [0.05, 0.1) is 22.4 Å². The van der Waals surface area contributed by atoms with E-state index >= 15 is 0 Å². The number of aryl methyl sites for hydroxylation is 1. The molecule has 0 saturated heterocycles. The Hall–Kier alpha value is -5.09. The maximum absolute atomic E-state index is 6.05. The molecule has 5 aromatic carbocycles. The number of nitrogens with zero attached hydrogens (tertiary/aromatic N) is 3. The first kappa shape index (κ1) is 22.1. The highest BCUT2D eigenvalue weighted by Crippen LogP contribution is 2.33. The Balaban J connectivity index is 1.23. The summed E-state index contributed by atoms with van der Waals surface area (Å²) in [5.74, 6) is 0.638. The maximum atomic E-state index is 6.05. The third-order valence-corrected chi connectivity index (χ3v) is 6.85. The highest BCUT2D eigenvalue weighted by molar-refractivity contribution is 5.87. The fourth-order valence-corrected chi connectivity index (χ4v) is 4.83. The molecule has 4 nitrogen and oxygen atoms in total. The summed E-state index contributed by atoms with van der Waals surface area (Å²) in [6.07, 6.45) is 0. The molecular weight excluding hydrogens is 466 g/mol. The molecule has 0 N–H and O–H groups in total. The summed E-state index contributed by atoms with van der Waals surface area (Å²) >= 11 is 0. The fraction of sp³-hybridized carbons (Fsp3) is 0.0294. The first-order valence-corrected chi connectivity index (χ1v) is 12.6. The van der Waals surface area contributed by atoms with E-state index in [4.69, 9.17) is 14.4 Å². The van der Waals surface area contributed by atoms with Crippen molar-refractivity contribution in [1.82, 2.24) is 15.0 Å². The lowest BCUT2D eigenvalue weighted by molar-refractivity contribution is 0.617. The van der Waals surface area contributed by atoms with Crippen molar-refractivity contribution in [2.75, 3.05) is 0 Å². The lowest BCUT2D eigenvalue weighted by Gasteiger charge is -2.11. The molecule has 0 spiro atoms. The molecule has 7 rings (SSSR count). The normalized spacial score (nSPS) is 11.3. The van der Waals surface area contributed by atoms with E-state index in [1.54, 1.807) is 0 Å². The van der Waals surface area contributed by atoms with Gasteiger partial charge in [-0.25, -0.2) is 15.0 Å². The molecule has 0 bridgehead atoms. The van der Waals surface area contributed by atoms with Crippen molar-refractivity contribution in [3.8, 4) is 45.1 Å². The van der Waals surface area contributed by atoms with Gasteiger partial charge in [0.1, 0.15) is 5.52 Å². The number of hydrogen-bond donors (Lipinski definition) is 0. The zero-order valence-electron chi connectivity index (χ0n) is 20.8. The Labute approximate surface area is 220 Å². The Morgan fingerprint density at radius 3 is 1.53 bits per heavy atom. The fourth-order valence-electron chi connectivity index (χ4n) is 4.83. The summed E-state index contributed by atoms with van der Waals surface area (Å²) in [4.78, 5) is 14.7. The van der Waals surface area contributed by atoms with Gasteiger partial charge < -0.3 is 4.42 Å². The van der Waals surface area contributed by atoms with Crippen LogP contribution in [0.3, 0.4) is 0 Å². The molecule has 38 heavy (non-hydrogen) atoms. The minimum Gasteiger partial charge on any atom is -0.436 e. The predicted molar refractivity (Wildman–Crippen MR) is 154 cm³/mol. The molecule has 0 aliphatic carbocycles. The first-order chi connectivity index (χ1) is 18.7. The van der Waals surface area contributed by atoms with Crippen molar-refractivity contribution in [3.05, 3.63) is 127 Å². The van der Waals surface area contributed by atoms with Crippen LogP contribution >= 0.6 is 0 Å². The molecule has 4 heteroatoms. The van der Waals surface area contributed by atoms with E-state index in [2.05, 4.69) is 65.6 Å². The van der Waals surface area contributed by atoms with Crippen LogP contribution in [0.25, 0.3) is 67.2 Å². The van der Waals surface area contributed by atoms with Gasteiger partial charge in [0.25, 0.3) is 0 Å². The molecule has 0 unspecified atom stereocenters. The van der Waals surface area contributed by atoms with Gasteiger partial charge in [-0.3, -0.25) is 0 Å². The minimum atomic E-state index is 0.638. The zero-order chi connectivity index (χ0) is 25.5. The predicted octanol–water partition coefficient (Wildman–Crippen LogP) is 8.75. The Bertz CT molecular complexity index is 1900. The first-order valence-electron chi connectivity index (χ1n) is 12.6. The van der Waals surface area contributed by atoms with Crippen LogP contribution < -0.4 is 0 Å². The number of benzene rings is 5. The monoisotopic (exact) mass is 489 g/mol. The molecule has 2 heterocycles. The molecule has 0 aliphatic heterocycles. The van der Waals surface area contributed by atoms with Crippen molar-refractivity contribution in [1.29, 1.82) is 0 Å². The third-order valence-electron chi connectivity index (χ3n) is 6.85. The van der Waals surface area contributed by atoms with Crippen molar-refractivity contribution in [3.63, 3.8) is 0 Å². The Morgan fingerprint density at radius 2 is 0.921 bits per heavy atom. The van der Waals surface area contributed by atoms with E-state index in [9.17, 15) is 0 Å². The van der Waals surface area contributed by atoms with Crippen molar-refractivity contribution in [2.24, 2.45) is 0 Å². The number of aromatic nitrogens is 3. The number of hydrogen-bond acceptors (Lipinski definition) is 4. The zero-order valence-corrected chi connectivity index (χ0v) is 20.8. The van der Waals surface area contributed by atoms with E-state index in [1.807, 2.05) is 67.6 Å². The van der Waals surface area contributed by atoms with Gasteiger partial charge in [0, 0.05) is 16.7 Å². The second-order valence-corrected chi connectivity index (χ2v) is 9.37. The molecular formula is C34H23N3O. The van der Waals surface area contributed by atoms with E-state index in [1.165, 1.54) is 0 Å². The van der Waals surface area contributed by atoms with Gasteiger partial charge in [-0.2, -0.15) is 0 Å². The summed E-state index contributed by atoms with van der Waals surface area (Å²) in [5, 5.41) is 0. The van der Waals surface area contributed by atoms with Crippen LogP contribution in [0.1, 0.15) is 5.56 Å². The topological polar surface area (TPSA) is 51.8 Å². The molecule has 0 atom stereocenters. The molecule has 2 aromatic heterocycles. The lowest BCUT2D eigenvalue weighted by Crippen LogP contribution is -1.95. The third kappa shape index (κ3) is 3.93. The van der Waals surface area contributed by atoms with Crippen LogP contribution in [0.5, 0.6) is 0 Å². The van der Waals surface area contributed by atoms with E-state index in [-0.39, 0.29) is 0 Å². The van der Waals surface area contributed by atoms with Crippen LogP contribution in [-0.2, 0) is 0 Å². The SMILES string of the molecule is Cc1cccc2nc(-c3ccc(-c4ccc(-c5nc6ccccc6nc5-c5ccccc5)cc4)cc3)oc12. The van der Waals surface area contributed by atoms with Gasteiger partial charge >= 0.3 is 0 Å². The molecule has 0 amide bonds. The number of para-hydroxylation sites is 3. The molecule has 0 fully saturated rings. The summed E-state index contributed by atoms with van der Waals surface area (Å²) in [5.41, 5.74) is 11.6. The maximum Gasteiger partial charge on any atom is 0.227 e. The van der Waals surface area contributed by atoms with Gasteiger partial charge in [0.2, 0.25) is 5.89 Å². The van der Waals surface area contributed by atoms with Crippen LogP contribution in [0.4, 0.5) is 0 Å².